The number of hydrogen-bond acceptors (Lipinski definition) is 9. The lowest BCUT2D eigenvalue weighted by molar-refractivity contribution is 0.327. The van der Waals surface area contributed by atoms with E-state index in [1.165, 1.54) is 0 Å². The number of piperidine rings is 1. The minimum Gasteiger partial charge on any atom is -0.493 e. The van der Waals surface area contributed by atoms with Gasteiger partial charge in [-0.1, -0.05) is 0 Å². The molecule has 9 heteroatoms. The lowest BCUT2D eigenvalue weighted by atomic mass is 9.97. The van der Waals surface area contributed by atoms with Crippen molar-refractivity contribution in [1.29, 1.82) is 0 Å². The molecule has 1 unspecified atom stereocenters. The largest absolute Gasteiger partial charge is 0.493 e. The first-order valence-electron chi connectivity index (χ1n) is 10.3. The van der Waals surface area contributed by atoms with Gasteiger partial charge in [0.2, 0.25) is 17.5 Å². The van der Waals surface area contributed by atoms with E-state index in [9.17, 15) is 0 Å². The minimum absolute atomic E-state index is 0.179. The quantitative estimate of drug-likeness (QED) is 0.605. The number of rotatable bonds is 6. The highest BCUT2D eigenvalue weighted by atomic mass is 16.5. The maximum atomic E-state index is 5.98. The zero-order valence-electron chi connectivity index (χ0n) is 17.4. The molecule has 2 aromatic heterocycles. The number of ether oxygens (including phenoxy) is 3. The minimum atomic E-state index is 0.179. The average molecular weight is 411 g/mol. The Labute approximate surface area is 174 Å². The van der Waals surface area contributed by atoms with Crippen molar-refractivity contribution in [2.45, 2.75) is 37.5 Å². The number of hydrogen-bond donors (Lipinski definition) is 0. The molecular formula is C21H25N5O4. The normalized spacial score (nSPS) is 19.2. The van der Waals surface area contributed by atoms with Crippen molar-refractivity contribution >= 4 is 16.6 Å². The van der Waals surface area contributed by atoms with E-state index in [0.717, 1.165) is 67.1 Å². The number of fused-ring (bicyclic) bond motifs is 1. The van der Waals surface area contributed by atoms with E-state index in [1.807, 2.05) is 6.07 Å². The highest BCUT2D eigenvalue weighted by molar-refractivity contribution is 5.99. The van der Waals surface area contributed by atoms with Crippen LogP contribution in [0.25, 0.3) is 10.8 Å². The van der Waals surface area contributed by atoms with Crippen molar-refractivity contribution in [2.75, 3.05) is 39.3 Å². The van der Waals surface area contributed by atoms with Crippen LogP contribution in [-0.2, 0) is 0 Å². The van der Waals surface area contributed by atoms with Crippen LogP contribution < -0.4 is 19.1 Å². The number of nitrogens with zero attached hydrogens (tertiary/aromatic N) is 5. The molecule has 3 aromatic rings. The molecule has 158 valence electrons. The van der Waals surface area contributed by atoms with E-state index in [4.69, 9.17) is 18.6 Å². The Morgan fingerprint density at radius 2 is 1.67 bits per heavy atom. The van der Waals surface area contributed by atoms with Gasteiger partial charge in [-0.25, -0.2) is 0 Å². The Morgan fingerprint density at radius 3 is 2.37 bits per heavy atom. The maximum absolute atomic E-state index is 5.98. The summed E-state index contributed by atoms with van der Waals surface area (Å²) >= 11 is 0. The molecule has 2 fully saturated rings. The number of benzene rings is 1. The van der Waals surface area contributed by atoms with E-state index in [-0.39, 0.29) is 5.92 Å². The summed E-state index contributed by atoms with van der Waals surface area (Å²) < 4.78 is 22.7. The first kappa shape index (κ1) is 18.9. The first-order chi connectivity index (χ1) is 14.7. The van der Waals surface area contributed by atoms with Gasteiger partial charge in [-0.3, -0.25) is 0 Å². The van der Waals surface area contributed by atoms with Gasteiger partial charge in [0, 0.05) is 24.4 Å². The van der Waals surface area contributed by atoms with Crippen LogP contribution in [0.15, 0.2) is 16.7 Å². The molecule has 0 spiro atoms. The van der Waals surface area contributed by atoms with Gasteiger partial charge in [-0.05, 0) is 31.7 Å². The van der Waals surface area contributed by atoms with E-state index < -0.39 is 0 Å². The van der Waals surface area contributed by atoms with Crippen molar-refractivity contribution in [3.8, 4) is 17.2 Å². The summed E-state index contributed by atoms with van der Waals surface area (Å²) in [6.07, 6.45) is 6.02. The molecule has 2 aliphatic rings. The Morgan fingerprint density at radius 1 is 0.900 bits per heavy atom. The molecule has 5 rings (SSSR count). The van der Waals surface area contributed by atoms with E-state index in [2.05, 4.69) is 25.3 Å². The van der Waals surface area contributed by atoms with E-state index >= 15 is 0 Å². The van der Waals surface area contributed by atoms with Crippen LogP contribution in [0.1, 0.15) is 49.3 Å². The molecule has 1 saturated carbocycles. The van der Waals surface area contributed by atoms with Crippen LogP contribution in [0.3, 0.4) is 0 Å². The molecule has 1 aromatic carbocycles. The molecule has 1 saturated heterocycles. The van der Waals surface area contributed by atoms with Crippen LogP contribution in [0.5, 0.6) is 17.2 Å². The predicted molar refractivity (Wildman–Crippen MR) is 110 cm³/mol. The third kappa shape index (κ3) is 3.18. The van der Waals surface area contributed by atoms with Crippen molar-refractivity contribution in [3.63, 3.8) is 0 Å². The second-order valence-corrected chi connectivity index (χ2v) is 7.81. The van der Waals surface area contributed by atoms with Crippen LogP contribution in [0, 0.1) is 0 Å². The zero-order valence-corrected chi connectivity index (χ0v) is 17.4. The van der Waals surface area contributed by atoms with Crippen LogP contribution in [0.2, 0.25) is 0 Å². The predicted octanol–water partition coefficient (Wildman–Crippen LogP) is 3.30. The molecule has 1 aliphatic heterocycles. The fourth-order valence-electron chi connectivity index (χ4n) is 4.20. The molecule has 0 N–H and O–H groups in total. The smallest absolute Gasteiger partial charge is 0.221 e. The van der Waals surface area contributed by atoms with Crippen molar-refractivity contribution in [3.05, 3.63) is 24.0 Å². The summed E-state index contributed by atoms with van der Waals surface area (Å²) in [5.74, 6) is 4.67. The average Bonchev–Trinajstić information content (AvgIpc) is 3.53. The Bertz CT molecular complexity index is 1060. The zero-order chi connectivity index (χ0) is 20.7. The summed E-state index contributed by atoms with van der Waals surface area (Å²) in [7, 11) is 4.82. The molecule has 30 heavy (non-hydrogen) atoms. The van der Waals surface area contributed by atoms with Gasteiger partial charge in [-0.2, -0.15) is 5.10 Å². The maximum Gasteiger partial charge on any atom is 0.221 e. The SMILES string of the molecule is COc1cc2c(N3CCCC(c4nnc(C5CC5)o4)C3)nncc2c(OC)c1OC. The summed E-state index contributed by atoms with van der Waals surface area (Å²) in [6, 6.07) is 1.93. The summed E-state index contributed by atoms with van der Waals surface area (Å²) in [5.41, 5.74) is 0. The van der Waals surface area contributed by atoms with Crippen molar-refractivity contribution in [2.24, 2.45) is 0 Å². The lowest BCUT2D eigenvalue weighted by Crippen LogP contribution is -2.35. The fraction of sp³-hybridized carbons (Fsp3) is 0.524. The Kier molecular flexibility index (Phi) is 4.80. The van der Waals surface area contributed by atoms with Crippen LogP contribution in [0.4, 0.5) is 5.82 Å². The second kappa shape index (κ2) is 7.62. The van der Waals surface area contributed by atoms with Gasteiger partial charge >= 0.3 is 0 Å². The second-order valence-electron chi connectivity index (χ2n) is 7.81. The molecular weight excluding hydrogens is 386 g/mol. The summed E-state index contributed by atoms with van der Waals surface area (Å²) in [4.78, 5) is 2.23. The topological polar surface area (TPSA) is 95.6 Å². The van der Waals surface area contributed by atoms with E-state index in [1.54, 1.807) is 27.5 Å². The third-order valence-electron chi connectivity index (χ3n) is 5.90. The number of aromatic nitrogens is 4. The van der Waals surface area contributed by atoms with Crippen LogP contribution >= 0.6 is 0 Å². The highest BCUT2D eigenvalue weighted by Gasteiger charge is 2.33. The van der Waals surface area contributed by atoms with Gasteiger partial charge in [0.15, 0.2) is 17.3 Å². The third-order valence-corrected chi connectivity index (χ3v) is 5.90. The molecule has 0 amide bonds. The van der Waals surface area contributed by atoms with E-state index in [0.29, 0.717) is 23.2 Å². The molecule has 0 radical (unpaired) electrons. The van der Waals surface area contributed by atoms with Crippen molar-refractivity contribution < 1.29 is 18.6 Å². The molecule has 1 atom stereocenters. The lowest BCUT2D eigenvalue weighted by Gasteiger charge is -2.32. The van der Waals surface area contributed by atoms with Gasteiger partial charge in [-0.15, -0.1) is 15.3 Å². The Balaban J connectivity index is 1.51. The summed E-state index contributed by atoms with van der Waals surface area (Å²) in [5, 5.41) is 19.0. The van der Waals surface area contributed by atoms with Crippen molar-refractivity contribution in [1.82, 2.24) is 20.4 Å². The molecule has 3 heterocycles. The number of methoxy groups -OCH3 is 3. The highest BCUT2D eigenvalue weighted by Crippen LogP contribution is 2.45. The molecule has 0 bridgehead atoms. The Hall–Kier alpha value is -3.10. The van der Waals surface area contributed by atoms with Gasteiger partial charge < -0.3 is 23.5 Å². The standard InChI is InChI=1S/C21H25N5O4/c1-27-16-9-14-15(17(28-2)18(16)29-3)10-22-23-19(14)26-8-4-5-13(11-26)21-25-24-20(30-21)12-6-7-12/h9-10,12-13H,4-8,11H2,1-3H3. The number of anilines is 1. The van der Waals surface area contributed by atoms with Gasteiger partial charge in [0.1, 0.15) is 0 Å². The molecule has 9 nitrogen and oxygen atoms in total. The monoisotopic (exact) mass is 411 g/mol. The summed E-state index contributed by atoms with van der Waals surface area (Å²) in [6.45, 7) is 1.63. The molecule has 1 aliphatic carbocycles. The first-order valence-corrected chi connectivity index (χ1v) is 10.3. The van der Waals surface area contributed by atoms with Gasteiger partial charge in [0.25, 0.3) is 0 Å². The van der Waals surface area contributed by atoms with Crippen LogP contribution in [-0.4, -0.2) is 54.8 Å². The fourth-order valence-corrected chi connectivity index (χ4v) is 4.20. The van der Waals surface area contributed by atoms with Gasteiger partial charge in [0.05, 0.1) is 38.8 Å².